The first-order valence-corrected chi connectivity index (χ1v) is 8.98. The van der Waals surface area contributed by atoms with Crippen LogP contribution in [0.4, 0.5) is 8.78 Å². The van der Waals surface area contributed by atoms with Crippen molar-refractivity contribution >= 4 is 35.5 Å². The summed E-state index contributed by atoms with van der Waals surface area (Å²) in [5, 5.41) is -1.68. The zero-order valence-corrected chi connectivity index (χ0v) is 16.2. The quantitative estimate of drug-likeness (QED) is 0.350. The van der Waals surface area contributed by atoms with Crippen LogP contribution in [0.25, 0.3) is 0 Å². The maximum absolute atomic E-state index is 13.6. The van der Waals surface area contributed by atoms with E-state index in [1.807, 2.05) is 0 Å². The number of esters is 2. The summed E-state index contributed by atoms with van der Waals surface area (Å²) in [5.74, 6) is -4.58. The predicted octanol–water partition coefficient (Wildman–Crippen LogP) is 3.35. The van der Waals surface area contributed by atoms with Crippen LogP contribution in [-0.2, 0) is 32.7 Å². The summed E-state index contributed by atoms with van der Waals surface area (Å²) in [6.45, 7) is 6.28. The lowest BCUT2D eigenvalue weighted by Crippen LogP contribution is -2.23. The van der Waals surface area contributed by atoms with E-state index in [2.05, 4.69) is 25.4 Å². The van der Waals surface area contributed by atoms with Crippen molar-refractivity contribution < 1.29 is 41.5 Å². The van der Waals surface area contributed by atoms with E-state index in [9.17, 15) is 22.9 Å². The molecule has 0 amide bonds. The van der Waals surface area contributed by atoms with Crippen molar-refractivity contribution in [2.24, 2.45) is 0 Å². The summed E-state index contributed by atoms with van der Waals surface area (Å²) in [6, 6.07) is 0. The summed E-state index contributed by atoms with van der Waals surface area (Å²) in [7, 11) is -2.01. The molecule has 23 heavy (non-hydrogen) atoms. The van der Waals surface area contributed by atoms with Crippen molar-refractivity contribution in [1.29, 1.82) is 0 Å². The van der Waals surface area contributed by atoms with Crippen LogP contribution in [-0.4, -0.2) is 49.4 Å². The first kappa shape index (κ1) is 24.7. The highest BCUT2D eigenvalue weighted by Crippen LogP contribution is 2.55. The van der Waals surface area contributed by atoms with Gasteiger partial charge in [-0.3, -0.25) is 4.57 Å². The van der Waals surface area contributed by atoms with Crippen molar-refractivity contribution in [2.45, 2.75) is 50.9 Å². The first-order valence-electron chi connectivity index (χ1n) is 6.45. The third-order valence-corrected chi connectivity index (χ3v) is 4.34. The average molecular weight is 427 g/mol. The second-order valence-corrected chi connectivity index (χ2v) is 7.29. The van der Waals surface area contributed by atoms with Crippen LogP contribution in [0.15, 0.2) is 0 Å². The fraction of sp³-hybridized carbons (Fsp3) is 0.833. The number of carbonyl (C=O) groups excluding carboxylic acids is 2. The molecule has 0 rings (SSSR count). The number of hydrogen-bond donors (Lipinski definition) is 0. The molecule has 0 saturated heterocycles. The largest absolute Gasteiger partial charge is 0.466 e. The van der Waals surface area contributed by atoms with E-state index in [-0.39, 0.29) is 0 Å². The standard InChI is InChI=1S/C9H18FO5P.C3H4BrFO2/c1-6(2)14-16(12,15-7(3)4)8(10)9(11)13-5;1-7-3(6)2(4)5/h6-8H,1-5H3;2H,1H3. The number of methoxy groups -OCH3 is 2. The molecule has 0 aliphatic carbocycles. The van der Waals surface area contributed by atoms with Gasteiger partial charge in [0.05, 0.1) is 26.4 Å². The van der Waals surface area contributed by atoms with E-state index >= 15 is 0 Å². The van der Waals surface area contributed by atoms with Crippen LogP contribution in [0.3, 0.4) is 0 Å². The fourth-order valence-electron chi connectivity index (χ4n) is 1.03. The molecule has 7 nitrogen and oxygen atoms in total. The van der Waals surface area contributed by atoms with Gasteiger partial charge in [-0.15, -0.1) is 0 Å². The minimum atomic E-state index is -4.14. The van der Waals surface area contributed by atoms with E-state index < -0.39 is 42.7 Å². The van der Waals surface area contributed by atoms with Crippen LogP contribution >= 0.6 is 23.5 Å². The molecular formula is C12H22BrF2O7P. The van der Waals surface area contributed by atoms with Gasteiger partial charge < -0.3 is 18.5 Å². The van der Waals surface area contributed by atoms with E-state index in [1.54, 1.807) is 27.7 Å². The number of halogens is 3. The molecule has 0 N–H and O–H groups in total. The van der Waals surface area contributed by atoms with E-state index in [0.29, 0.717) is 0 Å². The normalized spacial score (nSPS) is 13.9. The van der Waals surface area contributed by atoms with Gasteiger partial charge in [0.2, 0.25) is 0 Å². The molecule has 2 atom stereocenters. The maximum atomic E-state index is 13.6. The van der Waals surface area contributed by atoms with E-state index in [0.717, 1.165) is 14.2 Å². The fourth-order valence-corrected chi connectivity index (χ4v) is 3.02. The molecule has 0 aliphatic heterocycles. The summed E-state index contributed by atoms with van der Waals surface area (Å²) in [4.78, 5) is 20.9. The molecule has 0 aromatic carbocycles. The van der Waals surface area contributed by atoms with Crippen molar-refractivity contribution in [1.82, 2.24) is 0 Å². The van der Waals surface area contributed by atoms with Crippen LogP contribution in [0.2, 0.25) is 0 Å². The molecule has 2 unspecified atom stereocenters. The Morgan fingerprint density at radius 3 is 1.43 bits per heavy atom. The lowest BCUT2D eigenvalue weighted by Gasteiger charge is -2.23. The highest BCUT2D eigenvalue weighted by atomic mass is 79.9. The van der Waals surface area contributed by atoms with Gasteiger partial charge >= 0.3 is 19.5 Å². The molecule has 0 heterocycles. The average Bonchev–Trinajstić information content (AvgIpc) is 2.43. The molecule has 0 radical (unpaired) electrons. The molecule has 0 bridgehead atoms. The Kier molecular flexibility index (Phi) is 12.8. The number of ether oxygens (including phenoxy) is 2. The SMILES string of the molecule is COC(=O)C(F)Br.COC(=O)C(F)P(=O)(OC(C)C)OC(C)C. The highest BCUT2D eigenvalue weighted by Gasteiger charge is 2.44. The summed E-state index contributed by atoms with van der Waals surface area (Å²) in [5.41, 5.74) is 0. The minimum absolute atomic E-state index is 0.521. The molecule has 0 aromatic heterocycles. The van der Waals surface area contributed by atoms with Crippen molar-refractivity contribution in [3.05, 3.63) is 0 Å². The summed E-state index contributed by atoms with van der Waals surface area (Å²) < 4.78 is 55.0. The van der Waals surface area contributed by atoms with E-state index in [4.69, 9.17) is 9.05 Å². The number of alkyl halides is 3. The number of carbonyl (C=O) groups is 2. The Morgan fingerprint density at radius 2 is 1.26 bits per heavy atom. The third-order valence-electron chi connectivity index (χ3n) is 1.77. The second-order valence-electron chi connectivity index (χ2n) is 4.53. The maximum Gasteiger partial charge on any atom is 0.376 e. The molecule has 0 aliphatic rings. The van der Waals surface area contributed by atoms with Crippen LogP contribution in [0, 0.1) is 0 Å². The lowest BCUT2D eigenvalue weighted by atomic mass is 10.5. The Morgan fingerprint density at radius 1 is 0.913 bits per heavy atom. The van der Waals surface area contributed by atoms with Crippen molar-refractivity contribution in [2.75, 3.05) is 14.2 Å². The van der Waals surface area contributed by atoms with Crippen molar-refractivity contribution in [3.63, 3.8) is 0 Å². The predicted molar refractivity (Wildman–Crippen MR) is 82.8 cm³/mol. The number of hydrogen-bond acceptors (Lipinski definition) is 7. The molecule has 0 saturated carbocycles. The van der Waals surface area contributed by atoms with Crippen LogP contribution < -0.4 is 0 Å². The third kappa shape index (κ3) is 10.8. The monoisotopic (exact) mass is 426 g/mol. The van der Waals surface area contributed by atoms with Gasteiger partial charge in [0.15, 0.2) is 0 Å². The minimum Gasteiger partial charge on any atom is -0.466 e. The second kappa shape index (κ2) is 11.9. The van der Waals surface area contributed by atoms with E-state index in [1.165, 1.54) is 0 Å². The summed E-state index contributed by atoms with van der Waals surface area (Å²) in [6.07, 6.45) is -1.04. The summed E-state index contributed by atoms with van der Waals surface area (Å²) >= 11 is 2.36. The number of rotatable bonds is 7. The van der Waals surface area contributed by atoms with Gasteiger partial charge in [-0.25, -0.2) is 18.4 Å². The Hall–Kier alpha value is -0.570. The smallest absolute Gasteiger partial charge is 0.376 e. The van der Waals surface area contributed by atoms with Gasteiger partial charge in [0, 0.05) is 0 Å². The van der Waals surface area contributed by atoms with Gasteiger partial charge in [0.25, 0.3) is 11.0 Å². The van der Waals surface area contributed by atoms with Gasteiger partial charge in [0.1, 0.15) is 0 Å². The zero-order valence-electron chi connectivity index (χ0n) is 13.7. The molecule has 0 fully saturated rings. The van der Waals surface area contributed by atoms with Crippen LogP contribution in [0.1, 0.15) is 27.7 Å². The molecule has 0 spiro atoms. The van der Waals surface area contributed by atoms with Gasteiger partial charge in [-0.05, 0) is 43.6 Å². The molecule has 11 heteroatoms. The van der Waals surface area contributed by atoms with Gasteiger partial charge in [-0.1, -0.05) is 0 Å². The highest BCUT2D eigenvalue weighted by molar-refractivity contribution is 9.09. The van der Waals surface area contributed by atoms with Crippen LogP contribution in [0.5, 0.6) is 0 Å². The Labute approximate surface area is 142 Å². The molecule has 0 aromatic rings. The topological polar surface area (TPSA) is 88.1 Å². The lowest BCUT2D eigenvalue weighted by molar-refractivity contribution is -0.144. The molecule has 138 valence electrons. The Balaban J connectivity index is 0. The molecular weight excluding hydrogens is 405 g/mol. The Bertz CT molecular complexity index is 404. The zero-order chi connectivity index (χ0) is 18.8. The first-order chi connectivity index (χ1) is 10.4. The van der Waals surface area contributed by atoms with Crippen molar-refractivity contribution in [3.8, 4) is 0 Å². The van der Waals surface area contributed by atoms with Gasteiger partial charge in [-0.2, -0.15) is 0 Å².